The molecule has 1 saturated carbocycles. The van der Waals surface area contributed by atoms with Gasteiger partial charge in [-0.15, -0.1) is 0 Å². The normalized spacial score (nSPS) is 21.7. The Morgan fingerprint density at radius 2 is 2.04 bits per heavy atom. The van der Waals surface area contributed by atoms with Crippen molar-refractivity contribution in [3.05, 3.63) is 39.4 Å². The van der Waals surface area contributed by atoms with Gasteiger partial charge in [-0.1, -0.05) is 19.1 Å². The predicted molar refractivity (Wildman–Crippen MR) is 97.8 cm³/mol. The molecular formula is C19H24N2O6. The first-order valence-corrected chi connectivity index (χ1v) is 8.84. The quantitative estimate of drug-likeness (QED) is 0.443. The van der Waals surface area contributed by atoms with Crippen LogP contribution < -0.4 is 5.32 Å². The zero-order chi connectivity index (χ0) is 20.1. The minimum Gasteiger partial charge on any atom is -0.456 e. The SMILES string of the molecule is Cc1ccc(C)c(NC(=O)COC(=O)C[C@H]2C(=O)C[C@@H](C)[C@@H]2C[N+](=O)[O-])c1. The van der Waals surface area contributed by atoms with Crippen molar-refractivity contribution in [3.63, 3.8) is 0 Å². The molecule has 0 unspecified atom stereocenters. The molecule has 1 aromatic rings. The topological polar surface area (TPSA) is 116 Å². The van der Waals surface area contributed by atoms with E-state index in [0.717, 1.165) is 11.1 Å². The molecule has 0 aromatic heterocycles. The van der Waals surface area contributed by atoms with Crippen molar-refractivity contribution in [2.45, 2.75) is 33.6 Å². The molecule has 1 fully saturated rings. The summed E-state index contributed by atoms with van der Waals surface area (Å²) in [5.41, 5.74) is 2.51. The van der Waals surface area contributed by atoms with Crippen LogP contribution in [-0.4, -0.2) is 35.7 Å². The summed E-state index contributed by atoms with van der Waals surface area (Å²) < 4.78 is 4.97. The monoisotopic (exact) mass is 376 g/mol. The number of hydrogen-bond acceptors (Lipinski definition) is 6. The lowest BCUT2D eigenvalue weighted by atomic mass is 9.88. The lowest BCUT2D eigenvalue weighted by Crippen LogP contribution is -2.28. The first kappa shape index (κ1) is 20.5. The van der Waals surface area contributed by atoms with Gasteiger partial charge in [-0.3, -0.25) is 24.5 Å². The number of carbonyl (C=O) groups is 3. The van der Waals surface area contributed by atoms with E-state index in [2.05, 4.69) is 5.32 Å². The van der Waals surface area contributed by atoms with Crippen LogP contribution in [0.15, 0.2) is 18.2 Å². The first-order valence-electron chi connectivity index (χ1n) is 8.84. The van der Waals surface area contributed by atoms with Crippen LogP contribution in [0, 0.1) is 41.7 Å². The number of nitrogens with zero attached hydrogens (tertiary/aromatic N) is 1. The van der Waals surface area contributed by atoms with Crippen LogP contribution in [0.5, 0.6) is 0 Å². The Bertz CT molecular complexity index is 761. The third-order valence-corrected chi connectivity index (χ3v) is 4.96. The summed E-state index contributed by atoms with van der Waals surface area (Å²) in [7, 11) is 0. The number of nitrogens with one attached hydrogen (secondary N) is 1. The number of carbonyl (C=O) groups excluding carboxylic acids is 3. The summed E-state index contributed by atoms with van der Waals surface area (Å²) in [5, 5.41) is 13.5. The van der Waals surface area contributed by atoms with Crippen molar-refractivity contribution >= 4 is 23.3 Å². The molecule has 8 heteroatoms. The third kappa shape index (κ3) is 5.60. The highest BCUT2D eigenvalue weighted by atomic mass is 16.6. The van der Waals surface area contributed by atoms with Gasteiger partial charge >= 0.3 is 5.97 Å². The Balaban J connectivity index is 1.87. The Morgan fingerprint density at radius 1 is 1.33 bits per heavy atom. The molecule has 2 rings (SSSR count). The van der Waals surface area contributed by atoms with Gasteiger partial charge in [0.05, 0.1) is 6.42 Å². The van der Waals surface area contributed by atoms with E-state index in [0.29, 0.717) is 5.69 Å². The van der Waals surface area contributed by atoms with E-state index in [9.17, 15) is 24.5 Å². The summed E-state index contributed by atoms with van der Waals surface area (Å²) in [5.74, 6) is -2.69. The number of esters is 1. The van der Waals surface area contributed by atoms with Gasteiger partial charge in [-0.2, -0.15) is 0 Å². The average molecular weight is 376 g/mol. The Morgan fingerprint density at radius 3 is 2.70 bits per heavy atom. The highest BCUT2D eigenvalue weighted by Gasteiger charge is 2.44. The van der Waals surface area contributed by atoms with Crippen molar-refractivity contribution in [2.75, 3.05) is 18.5 Å². The van der Waals surface area contributed by atoms with Gasteiger partial charge in [0.15, 0.2) is 6.61 Å². The van der Waals surface area contributed by atoms with Crippen LogP contribution in [0.4, 0.5) is 5.69 Å². The summed E-state index contributed by atoms with van der Waals surface area (Å²) >= 11 is 0. The van der Waals surface area contributed by atoms with E-state index >= 15 is 0 Å². The zero-order valence-electron chi connectivity index (χ0n) is 15.7. The maximum atomic E-state index is 12.1. The van der Waals surface area contributed by atoms with Crippen LogP contribution in [-0.2, 0) is 19.1 Å². The van der Waals surface area contributed by atoms with E-state index in [1.54, 1.807) is 6.92 Å². The van der Waals surface area contributed by atoms with Crippen LogP contribution in [0.25, 0.3) is 0 Å². The Hall–Kier alpha value is -2.77. The Labute approximate surface area is 157 Å². The summed E-state index contributed by atoms with van der Waals surface area (Å²) in [6.45, 7) is 4.70. The highest BCUT2D eigenvalue weighted by molar-refractivity contribution is 5.94. The molecule has 0 spiro atoms. The van der Waals surface area contributed by atoms with Crippen molar-refractivity contribution in [1.82, 2.24) is 0 Å². The number of nitro groups is 1. The van der Waals surface area contributed by atoms with Crippen molar-refractivity contribution in [1.29, 1.82) is 0 Å². The van der Waals surface area contributed by atoms with Crippen molar-refractivity contribution in [2.24, 2.45) is 17.8 Å². The van der Waals surface area contributed by atoms with Gasteiger partial charge in [0, 0.05) is 28.9 Å². The largest absolute Gasteiger partial charge is 0.456 e. The minimum atomic E-state index is -0.722. The van der Waals surface area contributed by atoms with Crippen molar-refractivity contribution in [3.8, 4) is 0 Å². The molecule has 3 atom stereocenters. The molecule has 1 aromatic carbocycles. The molecule has 0 radical (unpaired) electrons. The fourth-order valence-corrected chi connectivity index (χ4v) is 3.44. The van der Waals surface area contributed by atoms with E-state index in [-0.39, 0.29) is 31.1 Å². The summed E-state index contributed by atoms with van der Waals surface area (Å²) in [6.07, 6.45) is -0.0119. The smallest absolute Gasteiger partial charge is 0.307 e. The lowest BCUT2D eigenvalue weighted by molar-refractivity contribution is -0.490. The number of amides is 1. The fraction of sp³-hybridized carbons (Fsp3) is 0.526. The number of rotatable bonds is 7. The van der Waals surface area contributed by atoms with Crippen LogP contribution >= 0.6 is 0 Å². The molecule has 1 amide bonds. The number of aryl methyl sites for hydroxylation is 2. The zero-order valence-corrected chi connectivity index (χ0v) is 15.7. The van der Waals surface area contributed by atoms with Gasteiger partial charge in [0.1, 0.15) is 5.78 Å². The summed E-state index contributed by atoms with van der Waals surface area (Å²) in [4.78, 5) is 46.4. The molecule has 1 N–H and O–H groups in total. The molecular weight excluding hydrogens is 352 g/mol. The second-order valence-electron chi connectivity index (χ2n) is 7.16. The molecule has 0 aliphatic heterocycles. The maximum Gasteiger partial charge on any atom is 0.307 e. The average Bonchev–Trinajstić information content (AvgIpc) is 2.83. The van der Waals surface area contributed by atoms with Crippen LogP contribution in [0.3, 0.4) is 0 Å². The van der Waals surface area contributed by atoms with Gasteiger partial charge in [-0.25, -0.2) is 0 Å². The minimum absolute atomic E-state index is 0.145. The third-order valence-electron chi connectivity index (χ3n) is 4.96. The lowest BCUT2D eigenvalue weighted by Gasteiger charge is -2.17. The molecule has 0 heterocycles. The standard InChI is InChI=1S/C19H24N2O6/c1-11-4-5-12(2)16(6-11)20-18(23)10-27-19(24)8-14-15(9-21(25)26)13(3)7-17(14)22/h4-6,13-15H,7-10H2,1-3H3,(H,20,23)/t13-,14-,15+/m1/s1. The van der Waals surface area contributed by atoms with Gasteiger partial charge in [-0.05, 0) is 37.0 Å². The fourth-order valence-electron chi connectivity index (χ4n) is 3.44. The van der Waals surface area contributed by atoms with Gasteiger partial charge < -0.3 is 10.1 Å². The molecule has 146 valence electrons. The molecule has 1 aliphatic rings. The number of anilines is 1. The number of ketones is 1. The van der Waals surface area contributed by atoms with Crippen LogP contribution in [0.2, 0.25) is 0 Å². The number of Topliss-reactive ketones (excluding diaryl/α,β-unsaturated/α-hetero) is 1. The maximum absolute atomic E-state index is 12.1. The van der Waals surface area contributed by atoms with E-state index in [1.165, 1.54) is 0 Å². The van der Waals surface area contributed by atoms with E-state index in [4.69, 9.17) is 4.74 Å². The summed E-state index contributed by atoms with van der Waals surface area (Å²) in [6, 6.07) is 5.61. The molecule has 27 heavy (non-hydrogen) atoms. The number of hydrogen-bond donors (Lipinski definition) is 1. The van der Waals surface area contributed by atoms with Crippen LogP contribution in [0.1, 0.15) is 30.9 Å². The second kappa shape index (κ2) is 8.75. The molecule has 0 bridgehead atoms. The number of ether oxygens (including phenoxy) is 1. The van der Waals surface area contributed by atoms with Gasteiger partial charge in [0.25, 0.3) is 5.91 Å². The molecule has 8 nitrogen and oxygen atoms in total. The highest BCUT2D eigenvalue weighted by Crippen LogP contribution is 2.36. The van der Waals surface area contributed by atoms with Gasteiger partial charge in [0.2, 0.25) is 6.54 Å². The second-order valence-corrected chi connectivity index (χ2v) is 7.16. The number of benzene rings is 1. The van der Waals surface area contributed by atoms with E-state index < -0.39 is 35.2 Å². The van der Waals surface area contributed by atoms with E-state index in [1.807, 2.05) is 32.0 Å². The molecule has 0 saturated heterocycles. The first-order chi connectivity index (χ1) is 12.7. The predicted octanol–water partition coefficient (Wildman–Crippen LogP) is 2.29. The Kier molecular flexibility index (Phi) is 6.65. The molecule has 1 aliphatic carbocycles. The van der Waals surface area contributed by atoms with Crippen molar-refractivity contribution < 1.29 is 24.0 Å².